The highest BCUT2D eigenvalue weighted by Gasteiger charge is 2.54. The van der Waals surface area contributed by atoms with Crippen molar-refractivity contribution in [2.75, 3.05) is 6.61 Å². The van der Waals surface area contributed by atoms with E-state index in [1.54, 1.807) is 4.90 Å². The number of amides is 3. The molecule has 3 heterocycles. The van der Waals surface area contributed by atoms with Crippen LogP contribution in [-0.2, 0) is 27.3 Å². The van der Waals surface area contributed by atoms with Gasteiger partial charge >= 0.3 is 12.2 Å². The number of benzene rings is 2. The molecule has 0 radical (unpaired) electrons. The van der Waals surface area contributed by atoms with Crippen molar-refractivity contribution in [2.24, 2.45) is 5.92 Å². The smallest absolute Gasteiger partial charge is 0.416 e. The number of rotatable bonds is 5. The van der Waals surface area contributed by atoms with Gasteiger partial charge in [-0.25, -0.2) is 14.5 Å². The van der Waals surface area contributed by atoms with E-state index in [4.69, 9.17) is 9.47 Å². The van der Waals surface area contributed by atoms with Crippen LogP contribution < -0.4 is 0 Å². The van der Waals surface area contributed by atoms with E-state index in [0.29, 0.717) is 12.8 Å². The molecule has 3 aliphatic rings. The molecule has 0 aliphatic carbocycles. The van der Waals surface area contributed by atoms with Gasteiger partial charge in [-0.05, 0) is 36.8 Å². The first-order chi connectivity index (χ1) is 15.6. The van der Waals surface area contributed by atoms with Crippen LogP contribution in [0.15, 0.2) is 60.7 Å². The van der Waals surface area contributed by atoms with Crippen LogP contribution in [0.1, 0.15) is 30.4 Å². The number of ether oxygens (including phenoxy) is 2. The molecule has 3 saturated heterocycles. The SMILES string of the molecule is O=C1OC[C@H](Cc2ccccc2)N1C(=O)[C@H]1C[C@@H]2CC[C@H]1N2C(=O)OCc1ccccc1. The van der Waals surface area contributed by atoms with Crippen molar-refractivity contribution in [3.05, 3.63) is 71.8 Å². The van der Waals surface area contributed by atoms with Gasteiger partial charge < -0.3 is 14.4 Å². The van der Waals surface area contributed by atoms with Crippen LogP contribution in [0.25, 0.3) is 0 Å². The number of imide groups is 1. The molecule has 5 rings (SSSR count). The fourth-order valence-corrected chi connectivity index (χ4v) is 5.28. The molecule has 0 aromatic heterocycles. The van der Waals surface area contributed by atoms with E-state index in [-0.39, 0.29) is 43.3 Å². The zero-order valence-corrected chi connectivity index (χ0v) is 17.8. The first-order valence-electron chi connectivity index (χ1n) is 11.1. The number of nitrogens with zero attached hydrogens (tertiary/aromatic N) is 2. The Balaban J connectivity index is 1.26. The Kier molecular flexibility index (Phi) is 5.55. The zero-order valence-electron chi connectivity index (χ0n) is 17.8. The molecule has 3 amide bonds. The fraction of sp³-hybridized carbons (Fsp3) is 0.400. The first-order valence-corrected chi connectivity index (χ1v) is 11.1. The van der Waals surface area contributed by atoms with Crippen LogP contribution in [-0.4, -0.2) is 52.6 Å². The van der Waals surface area contributed by atoms with Crippen molar-refractivity contribution in [3.8, 4) is 0 Å². The number of carbonyl (C=O) groups is 3. The van der Waals surface area contributed by atoms with E-state index in [1.807, 2.05) is 60.7 Å². The summed E-state index contributed by atoms with van der Waals surface area (Å²) in [7, 11) is 0. The summed E-state index contributed by atoms with van der Waals surface area (Å²) in [4.78, 5) is 41.7. The molecule has 166 valence electrons. The van der Waals surface area contributed by atoms with Gasteiger partial charge in [0.25, 0.3) is 0 Å². The number of carbonyl (C=O) groups excluding carboxylic acids is 3. The van der Waals surface area contributed by atoms with Crippen LogP contribution in [0.3, 0.4) is 0 Å². The molecule has 2 aromatic carbocycles. The number of hydrogen-bond acceptors (Lipinski definition) is 5. The van der Waals surface area contributed by atoms with Crippen molar-refractivity contribution in [1.82, 2.24) is 9.80 Å². The number of cyclic esters (lactones) is 1. The lowest BCUT2D eigenvalue weighted by Crippen LogP contribution is -2.47. The molecule has 0 saturated carbocycles. The molecule has 7 heteroatoms. The number of hydrogen-bond donors (Lipinski definition) is 0. The molecule has 2 bridgehead atoms. The average molecular weight is 434 g/mol. The summed E-state index contributed by atoms with van der Waals surface area (Å²) < 4.78 is 10.8. The highest BCUT2D eigenvalue weighted by molar-refractivity contribution is 5.95. The van der Waals surface area contributed by atoms with E-state index < -0.39 is 12.0 Å². The van der Waals surface area contributed by atoms with Gasteiger partial charge in [-0.1, -0.05) is 60.7 Å². The molecule has 3 aliphatic heterocycles. The van der Waals surface area contributed by atoms with E-state index >= 15 is 0 Å². The lowest BCUT2D eigenvalue weighted by Gasteiger charge is -2.27. The molecule has 0 spiro atoms. The monoisotopic (exact) mass is 434 g/mol. The maximum atomic E-state index is 13.4. The van der Waals surface area contributed by atoms with Gasteiger partial charge in [0.15, 0.2) is 0 Å². The van der Waals surface area contributed by atoms with Crippen molar-refractivity contribution in [2.45, 2.75) is 50.4 Å². The van der Waals surface area contributed by atoms with Crippen LogP contribution in [0.5, 0.6) is 0 Å². The van der Waals surface area contributed by atoms with Crippen LogP contribution in [0.2, 0.25) is 0 Å². The van der Waals surface area contributed by atoms with Gasteiger partial charge in [0, 0.05) is 12.1 Å². The minimum Gasteiger partial charge on any atom is -0.447 e. The van der Waals surface area contributed by atoms with Crippen molar-refractivity contribution in [1.29, 1.82) is 0 Å². The normalized spacial score (nSPS) is 26.3. The van der Waals surface area contributed by atoms with Gasteiger partial charge in [-0.3, -0.25) is 4.79 Å². The first kappa shape index (κ1) is 20.5. The maximum absolute atomic E-state index is 13.4. The molecule has 32 heavy (non-hydrogen) atoms. The van der Waals surface area contributed by atoms with Crippen molar-refractivity contribution >= 4 is 18.1 Å². The molecular formula is C25H26N2O5. The average Bonchev–Trinajstić information content (AvgIpc) is 3.51. The summed E-state index contributed by atoms with van der Waals surface area (Å²) in [5.74, 6) is -0.636. The zero-order chi connectivity index (χ0) is 22.1. The van der Waals surface area contributed by atoms with Gasteiger partial charge in [-0.15, -0.1) is 0 Å². The van der Waals surface area contributed by atoms with Gasteiger partial charge in [-0.2, -0.15) is 0 Å². The van der Waals surface area contributed by atoms with Gasteiger partial charge in [0.2, 0.25) is 5.91 Å². The molecule has 4 atom stereocenters. The van der Waals surface area contributed by atoms with Gasteiger partial charge in [0.1, 0.15) is 13.2 Å². The summed E-state index contributed by atoms with van der Waals surface area (Å²) in [6.45, 7) is 0.398. The second-order valence-corrected chi connectivity index (χ2v) is 8.72. The molecular weight excluding hydrogens is 408 g/mol. The van der Waals surface area contributed by atoms with E-state index in [0.717, 1.165) is 24.0 Å². The highest BCUT2D eigenvalue weighted by atomic mass is 16.6. The third-order valence-corrected chi connectivity index (χ3v) is 6.78. The summed E-state index contributed by atoms with van der Waals surface area (Å²) in [5, 5.41) is 0. The summed E-state index contributed by atoms with van der Waals surface area (Å²) in [5.41, 5.74) is 1.97. The maximum Gasteiger partial charge on any atom is 0.416 e. The Bertz CT molecular complexity index is 996. The Labute approximate surface area is 186 Å². The van der Waals surface area contributed by atoms with E-state index in [2.05, 4.69) is 0 Å². The molecule has 2 aromatic rings. The summed E-state index contributed by atoms with van der Waals surface area (Å²) >= 11 is 0. The second kappa shape index (κ2) is 8.65. The van der Waals surface area contributed by atoms with Crippen molar-refractivity contribution in [3.63, 3.8) is 0 Å². The Morgan fingerprint density at radius 1 is 0.969 bits per heavy atom. The van der Waals surface area contributed by atoms with Crippen LogP contribution in [0.4, 0.5) is 9.59 Å². The minimum atomic E-state index is -0.586. The van der Waals surface area contributed by atoms with E-state index in [9.17, 15) is 14.4 Å². The summed E-state index contributed by atoms with van der Waals surface area (Å²) in [6.07, 6.45) is 1.74. The Morgan fingerprint density at radius 3 is 2.38 bits per heavy atom. The van der Waals surface area contributed by atoms with E-state index in [1.165, 1.54) is 4.90 Å². The minimum absolute atomic E-state index is 0.0246. The van der Waals surface area contributed by atoms with Crippen LogP contribution >= 0.6 is 0 Å². The van der Waals surface area contributed by atoms with Crippen molar-refractivity contribution < 1.29 is 23.9 Å². The van der Waals surface area contributed by atoms with Gasteiger partial charge in [0.05, 0.1) is 12.0 Å². The lowest BCUT2D eigenvalue weighted by atomic mass is 9.87. The highest BCUT2D eigenvalue weighted by Crippen LogP contribution is 2.43. The molecule has 0 N–H and O–H groups in total. The Morgan fingerprint density at radius 2 is 1.66 bits per heavy atom. The van der Waals surface area contributed by atoms with Crippen LogP contribution in [0, 0.1) is 5.92 Å². The largest absolute Gasteiger partial charge is 0.447 e. The lowest BCUT2D eigenvalue weighted by molar-refractivity contribution is -0.134. The topological polar surface area (TPSA) is 76.2 Å². The third kappa shape index (κ3) is 3.83. The quantitative estimate of drug-likeness (QED) is 0.716. The predicted octanol–water partition coefficient (Wildman–Crippen LogP) is 3.77. The molecule has 0 unspecified atom stereocenters. The second-order valence-electron chi connectivity index (χ2n) is 8.72. The predicted molar refractivity (Wildman–Crippen MR) is 116 cm³/mol. The molecule has 7 nitrogen and oxygen atoms in total. The summed E-state index contributed by atoms with van der Waals surface area (Å²) in [6, 6.07) is 18.7. The third-order valence-electron chi connectivity index (χ3n) is 6.78. The molecule has 3 fully saturated rings. The standard InChI is InChI=1S/C25H26N2O5/c28-23(27-20(16-32-25(27)30)13-17-7-3-1-4-8-17)21-14-19-11-12-22(21)26(19)24(29)31-15-18-9-5-2-6-10-18/h1-10,19-22H,11-16H2/t19-,20-,21-,22+/m0/s1. The fourth-order valence-electron chi connectivity index (χ4n) is 5.28. The Hall–Kier alpha value is -3.35. The number of fused-ring (bicyclic) bond motifs is 2.